The van der Waals surface area contributed by atoms with Crippen LogP contribution in [0.25, 0.3) is 0 Å². The lowest BCUT2D eigenvalue weighted by molar-refractivity contribution is 0.0786. The maximum absolute atomic E-state index is 12.2. The Kier molecular flexibility index (Phi) is 4.04. The molecule has 3 rings (SSSR count). The molecule has 2 aromatic rings. The molecule has 1 fully saturated rings. The maximum atomic E-state index is 12.2. The summed E-state index contributed by atoms with van der Waals surface area (Å²) in [7, 11) is 0. The topological polar surface area (TPSA) is 58.1 Å². The van der Waals surface area contributed by atoms with Crippen LogP contribution in [0.4, 0.5) is 11.5 Å². The third-order valence-electron chi connectivity index (χ3n) is 3.77. The fourth-order valence-electron chi connectivity index (χ4n) is 2.79. The van der Waals surface area contributed by atoms with Crippen molar-refractivity contribution in [3.8, 4) is 0 Å². The molecular formula is C17H20N4O. The summed E-state index contributed by atoms with van der Waals surface area (Å²) in [6.07, 6.45) is 2.15. The number of amides is 1. The van der Waals surface area contributed by atoms with Crippen molar-refractivity contribution in [2.75, 3.05) is 18.4 Å². The zero-order valence-electron chi connectivity index (χ0n) is 13.0. The van der Waals surface area contributed by atoms with E-state index in [0.717, 1.165) is 31.6 Å². The number of nitrogens with one attached hydrogen (secondary N) is 1. The molecule has 1 saturated heterocycles. The van der Waals surface area contributed by atoms with Crippen LogP contribution in [-0.4, -0.2) is 34.1 Å². The van der Waals surface area contributed by atoms with Crippen molar-refractivity contribution in [1.82, 2.24) is 15.1 Å². The third-order valence-corrected chi connectivity index (χ3v) is 3.77. The highest BCUT2D eigenvalue weighted by atomic mass is 16.2. The molecule has 2 heterocycles. The Labute approximate surface area is 130 Å². The minimum Gasteiger partial charge on any atom is -0.339 e. The van der Waals surface area contributed by atoms with Gasteiger partial charge in [0.15, 0.2) is 11.5 Å². The minimum absolute atomic E-state index is 0.0250. The van der Waals surface area contributed by atoms with Gasteiger partial charge < -0.3 is 10.2 Å². The van der Waals surface area contributed by atoms with E-state index in [2.05, 4.69) is 47.6 Å². The van der Waals surface area contributed by atoms with Gasteiger partial charge in [-0.05, 0) is 62.1 Å². The van der Waals surface area contributed by atoms with Gasteiger partial charge in [0.25, 0.3) is 5.91 Å². The van der Waals surface area contributed by atoms with Gasteiger partial charge in [0.1, 0.15) is 0 Å². The molecule has 1 aliphatic rings. The molecule has 0 bridgehead atoms. The molecule has 0 radical (unpaired) electrons. The molecule has 0 unspecified atom stereocenters. The average Bonchev–Trinajstić information content (AvgIpc) is 3.00. The number of likely N-dealkylation sites (tertiary alicyclic amines) is 1. The van der Waals surface area contributed by atoms with Crippen molar-refractivity contribution in [3.05, 3.63) is 47.2 Å². The van der Waals surface area contributed by atoms with Gasteiger partial charge >= 0.3 is 0 Å². The van der Waals surface area contributed by atoms with Gasteiger partial charge in [-0.3, -0.25) is 4.79 Å². The molecule has 1 amide bonds. The summed E-state index contributed by atoms with van der Waals surface area (Å²) in [5, 5.41) is 11.4. The average molecular weight is 296 g/mol. The first kappa shape index (κ1) is 14.5. The number of hydrogen-bond donors (Lipinski definition) is 1. The van der Waals surface area contributed by atoms with Crippen molar-refractivity contribution in [3.63, 3.8) is 0 Å². The number of hydrogen-bond acceptors (Lipinski definition) is 4. The summed E-state index contributed by atoms with van der Waals surface area (Å²) in [4.78, 5) is 14.0. The molecule has 22 heavy (non-hydrogen) atoms. The van der Waals surface area contributed by atoms with Gasteiger partial charge in [-0.25, -0.2) is 0 Å². The summed E-state index contributed by atoms with van der Waals surface area (Å²) < 4.78 is 0. The first-order chi connectivity index (χ1) is 10.6. The third kappa shape index (κ3) is 3.24. The molecule has 114 valence electrons. The van der Waals surface area contributed by atoms with Crippen LogP contribution in [0.2, 0.25) is 0 Å². The predicted octanol–water partition coefficient (Wildman–Crippen LogP) is 3.07. The van der Waals surface area contributed by atoms with Crippen molar-refractivity contribution in [2.45, 2.75) is 26.7 Å². The Balaban J connectivity index is 1.72. The van der Waals surface area contributed by atoms with Crippen LogP contribution in [0.5, 0.6) is 0 Å². The highest BCUT2D eigenvalue weighted by molar-refractivity contribution is 5.92. The standard InChI is InChI=1S/C17H20N4O/c1-12-9-13(2)11-14(10-12)18-16-6-5-15(19-20-16)17(22)21-7-3-4-8-21/h5-6,9-11H,3-4,7-8H2,1-2H3,(H,18,20). The van der Waals surface area contributed by atoms with Crippen LogP contribution in [0.15, 0.2) is 30.3 Å². The second-order valence-electron chi connectivity index (χ2n) is 5.80. The highest BCUT2D eigenvalue weighted by Gasteiger charge is 2.20. The van der Waals surface area contributed by atoms with Crippen molar-refractivity contribution < 1.29 is 4.79 Å². The second-order valence-corrected chi connectivity index (χ2v) is 5.80. The fourth-order valence-corrected chi connectivity index (χ4v) is 2.79. The van der Waals surface area contributed by atoms with Crippen molar-refractivity contribution in [1.29, 1.82) is 0 Å². The van der Waals surface area contributed by atoms with E-state index in [-0.39, 0.29) is 5.91 Å². The monoisotopic (exact) mass is 296 g/mol. The molecule has 1 aromatic heterocycles. The minimum atomic E-state index is -0.0250. The lowest BCUT2D eigenvalue weighted by Crippen LogP contribution is -2.28. The van der Waals surface area contributed by atoms with E-state index in [1.807, 2.05) is 4.90 Å². The molecule has 5 nitrogen and oxygen atoms in total. The van der Waals surface area contributed by atoms with E-state index < -0.39 is 0 Å². The Bertz CT molecular complexity index is 655. The number of anilines is 2. The highest BCUT2D eigenvalue weighted by Crippen LogP contribution is 2.18. The molecule has 1 N–H and O–H groups in total. The van der Waals surface area contributed by atoms with Gasteiger partial charge in [0.2, 0.25) is 0 Å². The first-order valence-electron chi connectivity index (χ1n) is 7.60. The van der Waals surface area contributed by atoms with E-state index in [0.29, 0.717) is 11.5 Å². The number of nitrogens with zero attached hydrogens (tertiary/aromatic N) is 3. The number of aromatic nitrogens is 2. The summed E-state index contributed by atoms with van der Waals surface area (Å²) in [6.45, 7) is 5.76. The van der Waals surface area contributed by atoms with Crippen LogP contribution in [-0.2, 0) is 0 Å². The smallest absolute Gasteiger partial charge is 0.274 e. The predicted molar refractivity (Wildman–Crippen MR) is 86.4 cm³/mol. The molecular weight excluding hydrogens is 276 g/mol. The Morgan fingerprint density at radius 2 is 1.73 bits per heavy atom. The maximum Gasteiger partial charge on any atom is 0.274 e. The quantitative estimate of drug-likeness (QED) is 0.945. The van der Waals surface area contributed by atoms with Crippen molar-refractivity contribution in [2.24, 2.45) is 0 Å². The largest absolute Gasteiger partial charge is 0.339 e. The van der Waals surface area contributed by atoms with Crippen molar-refractivity contribution >= 4 is 17.4 Å². The Hall–Kier alpha value is -2.43. The van der Waals surface area contributed by atoms with Crippen LogP contribution in [0.1, 0.15) is 34.5 Å². The molecule has 0 atom stereocenters. The van der Waals surface area contributed by atoms with E-state index in [1.54, 1.807) is 12.1 Å². The van der Waals surface area contributed by atoms with Crippen LogP contribution in [0.3, 0.4) is 0 Å². The number of carbonyl (C=O) groups is 1. The SMILES string of the molecule is Cc1cc(C)cc(Nc2ccc(C(=O)N3CCCC3)nn2)c1. The van der Waals surface area contributed by atoms with E-state index in [1.165, 1.54) is 11.1 Å². The van der Waals surface area contributed by atoms with E-state index in [4.69, 9.17) is 0 Å². The zero-order chi connectivity index (χ0) is 15.5. The van der Waals surface area contributed by atoms with E-state index >= 15 is 0 Å². The van der Waals surface area contributed by atoms with Crippen LogP contribution >= 0.6 is 0 Å². The first-order valence-corrected chi connectivity index (χ1v) is 7.60. The lowest BCUT2D eigenvalue weighted by atomic mass is 10.1. The lowest BCUT2D eigenvalue weighted by Gasteiger charge is -2.14. The number of rotatable bonds is 3. The van der Waals surface area contributed by atoms with Crippen LogP contribution < -0.4 is 5.32 Å². The number of carbonyl (C=O) groups excluding carboxylic acids is 1. The normalized spacial score (nSPS) is 14.2. The van der Waals surface area contributed by atoms with E-state index in [9.17, 15) is 4.79 Å². The number of benzene rings is 1. The van der Waals surface area contributed by atoms with Gasteiger partial charge in [0.05, 0.1) is 0 Å². The summed E-state index contributed by atoms with van der Waals surface area (Å²) in [6, 6.07) is 9.76. The van der Waals surface area contributed by atoms with Crippen LogP contribution in [0, 0.1) is 13.8 Å². The zero-order valence-corrected chi connectivity index (χ0v) is 13.0. The molecule has 0 aliphatic carbocycles. The molecule has 5 heteroatoms. The summed E-state index contributed by atoms with van der Waals surface area (Å²) in [5.74, 6) is 0.617. The molecule has 1 aliphatic heterocycles. The molecule has 0 saturated carbocycles. The second kappa shape index (κ2) is 6.13. The molecule has 0 spiro atoms. The fraction of sp³-hybridized carbons (Fsp3) is 0.353. The van der Waals surface area contributed by atoms with Gasteiger partial charge in [-0.2, -0.15) is 0 Å². The Morgan fingerprint density at radius 1 is 1.05 bits per heavy atom. The van der Waals surface area contributed by atoms with Gasteiger partial charge in [-0.1, -0.05) is 6.07 Å². The van der Waals surface area contributed by atoms with Gasteiger partial charge in [-0.15, -0.1) is 10.2 Å². The van der Waals surface area contributed by atoms with Gasteiger partial charge in [0, 0.05) is 18.8 Å². The number of aryl methyl sites for hydroxylation is 2. The summed E-state index contributed by atoms with van der Waals surface area (Å²) >= 11 is 0. The molecule has 1 aromatic carbocycles. The summed E-state index contributed by atoms with van der Waals surface area (Å²) in [5.41, 5.74) is 3.77. The Morgan fingerprint density at radius 3 is 2.32 bits per heavy atom.